The molecule has 0 bridgehead atoms. The van der Waals surface area contributed by atoms with Crippen molar-refractivity contribution < 1.29 is 0 Å². The predicted molar refractivity (Wildman–Crippen MR) is 52.2 cm³/mol. The van der Waals surface area contributed by atoms with E-state index in [9.17, 15) is 0 Å². The van der Waals surface area contributed by atoms with Gasteiger partial charge in [-0.25, -0.2) is 19.9 Å². The standard InChI is InChI=1S/C9H6N6/c10-4-6-5-14-9(15-7(6)11)8-12-2-1-3-13-8/h1-3,5H,(H2,11,14,15). The number of aromatic nitrogens is 4. The van der Waals surface area contributed by atoms with Gasteiger partial charge in [-0.05, 0) is 6.07 Å². The largest absolute Gasteiger partial charge is 0.382 e. The van der Waals surface area contributed by atoms with Gasteiger partial charge in [0, 0.05) is 12.4 Å². The van der Waals surface area contributed by atoms with Crippen molar-refractivity contribution in [2.45, 2.75) is 0 Å². The van der Waals surface area contributed by atoms with Crippen molar-refractivity contribution in [2.24, 2.45) is 0 Å². The number of rotatable bonds is 1. The van der Waals surface area contributed by atoms with E-state index in [0.717, 1.165) is 0 Å². The first-order valence-corrected chi connectivity index (χ1v) is 4.11. The van der Waals surface area contributed by atoms with Crippen LogP contribution in [0.4, 0.5) is 5.82 Å². The van der Waals surface area contributed by atoms with Crippen LogP contribution in [0, 0.1) is 11.3 Å². The van der Waals surface area contributed by atoms with Crippen molar-refractivity contribution in [3.8, 4) is 17.7 Å². The third-order valence-corrected chi connectivity index (χ3v) is 1.70. The molecule has 0 atom stereocenters. The molecule has 0 saturated heterocycles. The molecule has 0 aliphatic carbocycles. The van der Waals surface area contributed by atoms with Crippen LogP contribution >= 0.6 is 0 Å². The van der Waals surface area contributed by atoms with Crippen molar-refractivity contribution in [1.82, 2.24) is 19.9 Å². The molecule has 2 aromatic rings. The lowest BCUT2D eigenvalue weighted by Crippen LogP contribution is -2.00. The Morgan fingerprint density at radius 1 is 1.13 bits per heavy atom. The average Bonchev–Trinajstić information content (AvgIpc) is 2.30. The summed E-state index contributed by atoms with van der Waals surface area (Å²) >= 11 is 0. The molecule has 2 heterocycles. The number of nitrogens with zero attached hydrogens (tertiary/aromatic N) is 5. The van der Waals surface area contributed by atoms with Crippen LogP contribution in [0.25, 0.3) is 11.6 Å². The molecule has 6 nitrogen and oxygen atoms in total. The van der Waals surface area contributed by atoms with E-state index < -0.39 is 0 Å². The molecule has 0 aliphatic heterocycles. The second-order valence-electron chi connectivity index (χ2n) is 2.68. The fourth-order valence-corrected chi connectivity index (χ4v) is 1.00. The van der Waals surface area contributed by atoms with Gasteiger partial charge in [0.15, 0.2) is 11.6 Å². The summed E-state index contributed by atoms with van der Waals surface area (Å²) in [5.41, 5.74) is 5.79. The molecule has 0 fully saturated rings. The lowest BCUT2D eigenvalue weighted by molar-refractivity contribution is 1.08. The van der Waals surface area contributed by atoms with E-state index in [4.69, 9.17) is 11.0 Å². The second-order valence-corrected chi connectivity index (χ2v) is 2.68. The van der Waals surface area contributed by atoms with Crippen LogP contribution < -0.4 is 5.73 Å². The van der Waals surface area contributed by atoms with Gasteiger partial charge in [-0.3, -0.25) is 0 Å². The van der Waals surface area contributed by atoms with E-state index >= 15 is 0 Å². The molecule has 0 radical (unpaired) electrons. The minimum atomic E-state index is 0.134. The summed E-state index contributed by atoms with van der Waals surface area (Å²) in [5.74, 6) is 0.829. The highest BCUT2D eigenvalue weighted by molar-refractivity contribution is 5.53. The Bertz CT molecular complexity index is 516. The fraction of sp³-hybridized carbons (Fsp3) is 0. The number of hydrogen-bond donors (Lipinski definition) is 1. The molecular formula is C9H6N6. The van der Waals surface area contributed by atoms with Gasteiger partial charge >= 0.3 is 0 Å². The first-order chi connectivity index (χ1) is 7.31. The zero-order valence-corrected chi connectivity index (χ0v) is 7.62. The molecule has 2 aromatic heterocycles. The van der Waals surface area contributed by atoms with Gasteiger partial charge in [0.1, 0.15) is 17.5 Å². The lowest BCUT2D eigenvalue weighted by Gasteiger charge is -1.99. The summed E-state index contributed by atoms with van der Waals surface area (Å²) in [6.45, 7) is 0. The summed E-state index contributed by atoms with van der Waals surface area (Å²) < 4.78 is 0. The van der Waals surface area contributed by atoms with Crippen LogP contribution in [0.5, 0.6) is 0 Å². The van der Waals surface area contributed by atoms with Gasteiger partial charge in [0.2, 0.25) is 0 Å². The van der Waals surface area contributed by atoms with Gasteiger partial charge in [-0.15, -0.1) is 0 Å². The summed E-state index contributed by atoms with van der Waals surface area (Å²) in [6, 6.07) is 3.57. The third kappa shape index (κ3) is 1.71. The highest BCUT2D eigenvalue weighted by atomic mass is 15.0. The Balaban J connectivity index is 2.49. The molecule has 0 unspecified atom stereocenters. The molecule has 2 N–H and O–H groups in total. The molecule has 72 valence electrons. The molecule has 0 saturated carbocycles. The van der Waals surface area contributed by atoms with Gasteiger partial charge in [0.05, 0.1) is 6.20 Å². The second kappa shape index (κ2) is 3.67. The maximum absolute atomic E-state index is 8.64. The van der Waals surface area contributed by atoms with E-state index in [1.54, 1.807) is 18.5 Å². The number of anilines is 1. The fourth-order valence-electron chi connectivity index (χ4n) is 1.00. The van der Waals surface area contributed by atoms with Crippen LogP contribution in [0.1, 0.15) is 5.56 Å². The zero-order chi connectivity index (χ0) is 10.7. The quantitative estimate of drug-likeness (QED) is 0.711. The molecule has 6 heteroatoms. The van der Waals surface area contributed by atoms with E-state index in [1.807, 2.05) is 6.07 Å². The smallest absolute Gasteiger partial charge is 0.199 e. The van der Waals surface area contributed by atoms with Crippen LogP contribution in [-0.2, 0) is 0 Å². The van der Waals surface area contributed by atoms with Gasteiger partial charge in [0.25, 0.3) is 0 Å². The van der Waals surface area contributed by atoms with Crippen LogP contribution in [-0.4, -0.2) is 19.9 Å². The van der Waals surface area contributed by atoms with Crippen molar-refractivity contribution >= 4 is 5.82 Å². The number of nitrogens with two attached hydrogens (primary N) is 1. The maximum Gasteiger partial charge on any atom is 0.199 e. The summed E-state index contributed by atoms with van der Waals surface area (Å²) in [7, 11) is 0. The molecule has 0 aliphatic rings. The summed E-state index contributed by atoms with van der Waals surface area (Å²) in [6.07, 6.45) is 4.52. The van der Waals surface area contributed by atoms with E-state index in [1.165, 1.54) is 6.20 Å². The SMILES string of the molecule is N#Cc1cnc(-c2ncccn2)nc1N. The average molecular weight is 198 g/mol. The van der Waals surface area contributed by atoms with Crippen molar-refractivity contribution in [3.63, 3.8) is 0 Å². The zero-order valence-electron chi connectivity index (χ0n) is 7.62. The summed E-state index contributed by atoms with van der Waals surface area (Å²) in [5, 5.41) is 8.64. The van der Waals surface area contributed by atoms with Gasteiger partial charge in [-0.2, -0.15) is 5.26 Å². The Morgan fingerprint density at radius 3 is 2.47 bits per heavy atom. The Kier molecular flexibility index (Phi) is 2.21. The molecule has 2 rings (SSSR count). The van der Waals surface area contributed by atoms with Gasteiger partial charge < -0.3 is 5.73 Å². The molecule has 0 aromatic carbocycles. The minimum absolute atomic E-state index is 0.134. The topological polar surface area (TPSA) is 101 Å². The highest BCUT2D eigenvalue weighted by Gasteiger charge is 2.06. The van der Waals surface area contributed by atoms with Crippen molar-refractivity contribution in [2.75, 3.05) is 5.73 Å². The van der Waals surface area contributed by atoms with Crippen LogP contribution in [0.2, 0.25) is 0 Å². The van der Waals surface area contributed by atoms with Crippen LogP contribution in [0.3, 0.4) is 0 Å². The summed E-state index contributed by atoms with van der Waals surface area (Å²) in [4.78, 5) is 15.8. The first-order valence-electron chi connectivity index (χ1n) is 4.11. The number of nitrogen functional groups attached to an aromatic ring is 1. The van der Waals surface area contributed by atoms with E-state index in [0.29, 0.717) is 11.6 Å². The van der Waals surface area contributed by atoms with Gasteiger partial charge in [-0.1, -0.05) is 0 Å². The Hall–Kier alpha value is -2.55. The monoisotopic (exact) mass is 198 g/mol. The molecular weight excluding hydrogens is 192 g/mol. The third-order valence-electron chi connectivity index (χ3n) is 1.70. The van der Waals surface area contributed by atoms with Crippen molar-refractivity contribution in [1.29, 1.82) is 5.26 Å². The lowest BCUT2D eigenvalue weighted by atomic mass is 10.3. The maximum atomic E-state index is 8.64. The van der Waals surface area contributed by atoms with Crippen molar-refractivity contribution in [3.05, 3.63) is 30.2 Å². The first kappa shape index (κ1) is 9.02. The molecule has 0 amide bonds. The normalized spacial score (nSPS) is 9.53. The number of hydrogen-bond acceptors (Lipinski definition) is 6. The number of nitriles is 1. The predicted octanol–water partition coefficient (Wildman–Crippen LogP) is 0.387. The molecule has 0 spiro atoms. The Labute approximate surface area is 85.5 Å². The molecule has 15 heavy (non-hydrogen) atoms. The van der Waals surface area contributed by atoms with E-state index in [2.05, 4.69) is 19.9 Å². The highest BCUT2D eigenvalue weighted by Crippen LogP contribution is 2.11. The van der Waals surface area contributed by atoms with E-state index in [-0.39, 0.29) is 11.4 Å². The Morgan fingerprint density at radius 2 is 1.87 bits per heavy atom. The minimum Gasteiger partial charge on any atom is -0.382 e. The van der Waals surface area contributed by atoms with Crippen LogP contribution in [0.15, 0.2) is 24.7 Å².